The van der Waals surface area contributed by atoms with Gasteiger partial charge in [0.2, 0.25) is 0 Å². The van der Waals surface area contributed by atoms with Crippen LogP contribution in [-0.4, -0.2) is 43.4 Å². The standard InChI is InChI=1S/C23H30N4O2/c28-23(26-21-9-7-20(8-10-21)19-4-2-1-3-5-19)25-17-18-6-11-22(24-16-18)27-12-14-29-15-13-27/h1-6,11,16,20-21H,7-10,12-15,17H2,(H2,25,26,28). The zero-order valence-corrected chi connectivity index (χ0v) is 16.8. The molecule has 1 saturated heterocycles. The summed E-state index contributed by atoms with van der Waals surface area (Å²) in [6, 6.07) is 14.9. The van der Waals surface area contributed by atoms with Gasteiger partial charge in [0.25, 0.3) is 0 Å². The van der Waals surface area contributed by atoms with E-state index in [1.165, 1.54) is 5.56 Å². The third-order valence-electron chi connectivity index (χ3n) is 5.93. The molecule has 1 aliphatic heterocycles. The van der Waals surface area contributed by atoms with Crippen LogP contribution in [-0.2, 0) is 11.3 Å². The fraction of sp³-hybridized carbons (Fsp3) is 0.478. The first kappa shape index (κ1) is 19.7. The Morgan fingerprint density at radius 1 is 1.03 bits per heavy atom. The van der Waals surface area contributed by atoms with Crippen molar-refractivity contribution >= 4 is 11.8 Å². The van der Waals surface area contributed by atoms with E-state index >= 15 is 0 Å². The number of carbonyl (C=O) groups is 1. The summed E-state index contributed by atoms with van der Waals surface area (Å²) in [6.07, 6.45) is 6.16. The van der Waals surface area contributed by atoms with Crippen molar-refractivity contribution in [3.63, 3.8) is 0 Å². The minimum absolute atomic E-state index is 0.0922. The van der Waals surface area contributed by atoms with Crippen LogP contribution < -0.4 is 15.5 Å². The van der Waals surface area contributed by atoms with Crippen molar-refractivity contribution in [2.75, 3.05) is 31.2 Å². The number of hydrogen-bond acceptors (Lipinski definition) is 4. The minimum atomic E-state index is -0.0922. The van der Waals surface area contributed by atoms with Gasteiger partial charge in [-0.1, -0.05) is 36.4 Å². The highest BCUT2D eigenvalue weighted by Gasteiger charge is 2.23. The summed E-state index contributed by atoms with van der Waals surface area (Å²) in [5, 5.41) is 6.10. The maximum atomic E-state index is 12.3. The molecular formula is C23H30N4O2. The first-order chi connectivity index (χ1) is 14.3. The lowest BCUT2D eigenvalue weighted by Crippen LogP contribution is -2.43. The second-order valence-corrected chi connectivity index (χ2v) is 7.91. The van der Waals surface area contributed by atoms with Crippen LogP contribution in [0.5, 0.6) is 0 Å². The molecule has 2 aromatic rings. The Morgan fingerprint density at radius 2 is 1.79 bits per heavy atom. The Labute approximate surface area is 172 Å². The number of rotatable bonds is 5. The van der Waals surface area contributed by atoms with E-state index in [0.717, 1.165) is 63.4 Å². The van der Waals surface area contributed by atoms with E-state index in [1.54, 1.807) is 0 Å². The molecule has 1 aromatic heterocycles. The van der Waals surface area contributed by atoms with E-state index in [2.05, 4.69) is 50.8 Å². The molecule has 154 valence electrons. The smallest absolute Gasteiger partial charge is 0.315 e. The first-order valence-electron chi connectivity index (χ1n) is 10.6. The molecule has 2 N–H and O–H groups in total. The Balaban J connectivity index is 1.18. The number of aromatic nitrogens is 1. The molecule has 2 aliphatic rings. The lowest BCUT2D eigenvalue weighted by Gasteiger charge is -2.29. The molecule has 1 aromatic carbocycles. The van der Waals surface area contributed by atoms with Crippen LogP contribution in [0.4, 0.5) is 10.6 Å². The summed E-state index contributed by atoms with van der Waals surface area (Å²) >= 11 is 0. The third kappa shape index (κ3) is 5.48. The van der Waals surface area contributed by atoms with Crippen LogP contribution in [0.1, 0.15) is 42.7 Å². The summed E-state index contributed by atoms with van der Waals surface area (Å²) in [4.78, 5) is 19.0. The van der Waals surface area contributed by atoms with Crippen molar-refractivity contribution in [3.05, 3.63) is 59.8 Å². The maximum absolute atomic E-state index is 12.3. The molecule has 29 heavy (non-hydrogen) atoms. The van der Waals surface area contributed by atoms with Gasteiger partial charge in [0.05, 0.1) is 13.2 Å². The number of amides is 2. The van der Waals surface area contributed by atoms with Gasteiger partial charge < -0.3 is 20.3 Å². The molecule has 2 heterocycles. The highest BCUT2D eigenvalue weighted by Crippen LogP contribution is 2.32. The lowest BCUT2D eigenvalue weighted by molar-refractivity contribution is 0.122. The Hall–Kier alpha value is -2.60. The molecule has 6 heteroatoms. The average Bonchev–Trinajstić information content (AvgIpc) is 2.80. The van der Waals surface area contributed by atoms with Crippen LogP contribution in [0.15, 0.2) is 48.7 Å². The minimum Gasteiger partial charge on any atom is -0.378 e. The Morgan fingerprint density at radius 3 is 2.48 bits per heavy atom. The largest absolute Gasteiger partial charge is 0.378 e. The molecule has 4 rings (SSSR count). The van der Waals surface area contributed by atoms with E-state index < -0.39 is 0 Å². The SMILES string of the molecule is O=C(NCc1ccc(N2CCOCC2)nc1)NC1CCC(c2ccccc2)CC1. The predicted octanol–water partition coefficient (Wildman–Crippen LogP) is 3.44. The average molecular weight is 395 g/mol. The van der Waals surface area contributed by atoms with Gasteiger partial charge >= 0.3 is 6.03 Å². The molecule has 2 fully saturated rings. The number of benzene rings is 1. The highest BCUT2D eigenvalue weighted by molar-refractivity contribution is 5.74. The number of carbonyl (C=O) groups excluding carboxylic acids is 1. The van der Waals surface area contributed by atoms with E-state index in [4.69, 9.17) is 4.74 Å². The summed E-state index contributed by atoms with van der Waals surface area (Å²) < 4.78 is 5.38. The van der Waals surface area contributed by atoms with Gasteiger partial charge in [-0.3, -0.25) is 0 Å². The van der Waals surface area contributed by atoms with E-state index in [0.29, 0.717) is 12.5 Å². The first-order valence-corrected chi connectivity index (χ1v) is 10.6. The molecule has 2 amide bonds. The normalized spacial score (nSPS) is 22.1. The third-order valence-corrected chi connectivity index (χ3v) is 5.93. The summed E-state index contributed by atoms with van der Waals surface area (Å²) in [5.74, 6) is 1.59. The highest BCUT2D eigenvalue weighted by atomic mass is 16.5. The molecule has 0 unspecified atom stereocenters. The molecule has 0 atom stereocenters. The zero-order valence-electron chi connectivity index (χ0n) is 16.8. The molecule has 0 spiro atoms. The molecule has 0 radical (unpaired) electrons. The molecule has 6 nitrogen and oxygen atoms in total. The van der Waals surface area contributed by atoms with Crippen molar-refractivity contribution in [3.8, 4) is 0 Å². The number of nitrogens with zero attached hydrogens (tertiary/aromatic N) is 2. The van der Waals surface area contributed by atoms with E-state index in [9.17, 15) is 4.79 Å². The fourth-order valence-electron chi connectivity index (χ4n) is 4.22. The van der Waals surface area contributed by atoms with Gasteiger partial charge in [0.15, 0.2) is 0 Å². The van der Waals surface area contributed by atoms with Crippen molar-refractivity contribution in [2.24, 2.45) is 0 Å². The maximum Gasteiger partial charge on any atom is 0.315 e. The quantitative estimate of drug-likeness (QED) is 0.815. The summed E-state index contributed by atoms with van der Waals surface area (Å²) in [6.45, 7) is 3.73. The monoisotopic (exact) mass is 394 g/mol. The molecule has 0 bridgehead atoms. The van der Waals surface area contributed by atoms with Crippen molar-refractivity contribution in [1.82, 2.24) is 15.6 Å². The number of morpholine rings is 1. The van der Waals surface area contributed by atoms with Gasteiger partial charge in [-0.15, -0.1) is 0 Å². The molecular weight excluding hydrogens is 364 g/mol. The van der Waals surface area contributed by atoms with Crippen LogP contribution in [0.2, 0.25) is 0 Å². The molecule has 1 saturated carbocycles. The number of nitrogens with one attached hydrogen (secondary N) is 2. The van der Waals surface area contributed by atoms with Gasteiger partial charge in [-0.05, 0) is 48.8 Å². The predicted molar refractivity (Wildman–Crippen MR) is 114 cm³/mol. The molecule has 1 aliphatic carbocycles. The van der Waals surface area contributed by atoms with Crippen LogP contribution in [0.25, 0.3) is 0 Å². The van der Waals surface area contributed by atoms with Crippen molar-refractivity contribution in [1.29, 1.82) is 0 Å². The van der Waals surface area contributed by atoms with Crippen LogP contribution >= 0.6 is 0 Å². The Kier molecular flexibility index (Phi) is 6.62. The zero-order chi connectivity index (χ0) is 19.9. The van der Waals surface area contributed by atoms with E-state index in [1.807, 2.05) is 18.3 Å². The number of anilines is 1. The topological polar surface area (TPSA) is 66.5 Å². The van der Waals surface area contributed by atoms with Crippen molar-refractivity contribution in [2.45, 2.75) is 44.2 Å². The van der Waals surface area contributed by atoms with E-state index in [-0.39, 0.29) is 12.1 Å². The van der Waals surface area contributed by atoms with Gasteiger partial charge in [-0.25, -0.2) is 9.78 Å². The second kappa shape index (κ2) is 9.74. The summed E-state index contributed by atoms with van der Waals surface area (Å²) in [7, 11) is 0. The number of pyridine rings is 1. The Bertz CT molecular complexity index is 767. The number of hydrogen-bond donors (Lipinski definition) is 2. The van der Waals surface area contributed by atoms with Gasteiger partial charge in [0, 0.05) is 31.9 Å². The van der Waals surface area contributed by atoms with Crippen molar-refractivity contribution < 1.29 is 9.53 Å². The fourth-order valence-corrected chi connectivity index (χ4v) is 4.22. The second-order valence-electron chi connectivity index (χ2n) is 7.91. The van der Waals surface area contributed by atoms with Crippen LogP contribution in [0.3, 0.4) is 0 Å². The number of ether oxygens (including phenoxy) is 1. The summed E-state index contributed by atoms with van der Waals surface area (Å²) in [5.41, 5.74) is 2.42. The van der Waals surface area contributed by atoms with Gasteiger partial charge in [-0.2, -0.15) is 0 Å². The lowest BCUT2D eigenvalue weighted by atomic mass is 9.82. The van der Waals surface area contributed by atoms with Crippen LogP contribution in [0, 0.1) is 0 Å². The van der Waals surface area contributed by atoms with Gasteiger partial charge in [0.1, 0.15) is 5.82 Å². The number of urea groups is 1.